The quantitative estimate of drug-likeness (QED) is 0.157. The van der Waals surface area contributed by atoms with Gasteiger partial charge in [-0.2, -0.15) is 26.3 Å². The molecule has 0 N–H and O–H groups in total. The van der Waals surface area contributed by atoms with E-state index in [-0.39, 0.29) is 0 Å². The third-order valence-corrected chi connectivity index (χ3v) is 10.9. The summed E-state index contributed by atoms with van der Waals surface area (Å²) >= 11 is 0. The number of alkyl halides is 6. The Kier molecular flexibility index (Phi) is 8.56. The first kappa shape index (κ1) is 35.1. The summed E-state index contributed by atoms with van der Waals surface area (Å²) in [6, 6.07) is 35.7. The van der Waals surface area contributed by atoms with Crippen molar-refractivity contribution in [2.75, 3.05) is 0 Å². The van der Waals surface area contributed by atoms with Crippen LogP contribution in [0.4, 0.5) is 26.3 Å². The molecule has 0 atom stereocenters. The zero-order valence-electron chi connectivity index (χ0n) is 29.4. The van der Waals surface area contributed by atoms with Crippen LogP contribution in [-0.4, -0.2) is 12.4 Å². The van der Waals surface area contributed by atoms with Gasteiger partial charge in [-0.15, -0.1) is 0 Å². The molecule has 0 unspecified atom stereocenters. The van der Waals surface area contributed by atoms with Crippen molar-refractivity contribution in [1.82, 2.24) is 0 Å². The van der Waals surface area contributed by atoms with Crippen LogP contribution in [0.3, 0.4) is 0 Å². The van der Waals surface area contributed by atoms with E-state index in [9.17, 15) is 0 Å². The largest absolute Gasteiger partial charge is 0.411 e. The van der Waals surface area contributed by atoms with E-state index in [1.54, 1.807) is 13.8 Å². The number of hydrogen-bond donors (Lipinski definition) is 0. The fraction of sp³-hybridized carbons (Fsp3) is 0.174. The molecule has 0 aromatic heterocycles. The predicted molar refractivity (Wildman–Crippen MR) is 201 cm³/mol. The first-order valence-corrected chi connectivity index (χ1v) is 17.1. The molecule has 52 heavy (non-hydrogen) atoms. The minimum atomic E-state index is -5.73. The number of fused-ring (bicyclic) bond motifs is 2. The standard InChI is InChI=1S/C46H36F6/c1-27-28(2)41(32-15-9-6-10-16-32)29(3)37-23-21-35(25-39(27)37)44(45(47,48)49,46(50,51)52)36-22-24-38-30(4)42(33-17-11-7-12-18-33)43(31(5)40(38)26-36)34-19-13-8-14-20-34/h6-26H,1-5H3. The van der Waals surface area contributed by atoms with Crippen LogP contribution in [0.2, 0.25) is 0 Å². The van der Waals surface area contributed by atoms with Crippen molar-refractivity contribution in [3.8, 4) is 33.4 Å². The third kappa shape index (κ3) is 5.30. The van der Waals surface area contributed by atoms with E-state index in [0.29, 0.717) is 32.7 Å². The molecule has 7 aromatic carbocycles. The summed E-state index contributed by atoms with van der Waals surface area (Å²) in [7, 11) is 0. The van der Waals surface area contributed by atoms with Crippen LogP contribution in [0.25, 0.3) is 54.9 Å². The van der Waals surface area contributed by atoms with Gasteiger partial charge in [-0.3, -0.25) is 0 Å². The van der Waals surface area contributed by atoms with Crippen molar-refractivity contribution in [2.45, 2.75) is 52.4 Å². The second-order valence-corrected chi connectivity index (χ2v) is 13.6. The molecular weight excluding hydrogens is 666 g/mol. The number of hydrogen-bond acceptors (Lipinski definition) is 0. The Hall–Kier alpha value is -5.36. The molecule has 0 fully saturated rings. The molecule has 6 heteroatoms. The maximum atomic E-state index is 15.7. The fourth-order valence-corrected chi connectivity index (χ4v) is 8.23. The second kappa shape index (κ2) is 12.7. The van der Waals surface area contributed by atoms with Crippen LogP contribution in [0.5, 0.6) is 0 Å². The predicted octanol–water partition coefficient (Wildman–Crippen LogP) is 13.9. The molecule has 0 aliphatic carbocycles. The first-order valence-electron chi connectivity index (χ1n) is 17.1. The lowest BCUT2D eigenvalue weighted by molar-refractivity contribution is -0.288. The zero-order chi connectivity index (χ0) is 37.2. The molecule has 0 spiro atoms. The zero-order valence-corrected chi connectivity index (χ0v) is 29.4. The lowest BCUT2D eigenvalue weighted by Gasteiger charge is -2.39. The summed E-state index contributed by atoms with van der Waals surface area (Å²) < 4.78 is 94.1. The molecular formula is C46H36F6. The van der Waals surface area contributed by atoms with Crippen LogP contribution in [0.15, 0.2) is 127 Å². The number of benzene rings is 7. The maximum absolute atomic E-state index is 15.7. The van der Waals surface area contributed by atoms with Gasteiger partial charge in [0.25, 0.3) is 0 Å². The molecule has 0 aliphatic heterocycles. The smallest absolute Gasteiger partial charge is 0.169 e. The Morgan fingerprint density at radius 3 is 1.04 bits per heavy atom. The lowest BCUT2D eigenvalue weighted by Crippen LogP contribution is -2.54. The molecule has 0 radical (unpaired) electrons. The van der Waals surface area contributed by atoms with Gasteiger partial charge < -0.3 is 0 Å². The van der Waals surface area contributed by atoms with Gasteiger partial charge in [-0.05, 0) is 141 Å². The average molecular weight is 703 g/mol. The fourth-order valence-electron chi connectivity index (χ4n) is 8.23. The summed E-state index contributed by atoms with van der Waals surface area (Å²) in [4.78, 5) is 0. The van der Waals surface area contributed by atoms with Crippen molar-refractivity contribution in [2.24, 2.45) is 0 Å². The van der Waals surface area contributed by atoms with Gasteiger partial charge in [-0.25, -0.2) is 0 Å². The van der Waals surface area contributed by atoms with Crippen molar-refractivity contribution in [1.29, 1.82) is 0 Å². The van der Waals surface area contributed by atoms with Crippen molar-refractivity contribution < 1.29 is 26.3 Å². The first-order chi connectivity index (χ1) is 24.7. The summed E-state index contributed by atoms with van der Waals surface area (Å²) in [5.74, 6) is 0. The highest BCUT2D eigenvalue weighted by Gasteiger charge is 2.72. The van der Waals surface area contributed by atoms with Gasteiger partial charge in [0.2, 0.25) is 5.41 Å². The highest BCUT2D eigenvalue weighted by atomic mass is 19.4. The monoisotopic (exact) mass is 702 g/mol. The number of halogens is 6. The molecule has 7 aromatic rings. The van der Waals surface area contributed by atoms with Crippen LogP contribution < -0.4 is 0 Å². The molecule has 262 valence electrons. The molecule has 7 rings (SSSR count). The van der Waals surface area contributed by atoms with E-state index in [4.69, 9.17) is 0 Å². The summed E-state index contributed by atoms with van der Waals surface area (Å²) in [6.07, 6.45) is -11.5. The summed E-state index contributed by atoms with van der Waals surface area (Å²) in [5, 5.41) is 1.89. The number of rotatable bonds is 5. The molecule has 0 aliphatic rings. The molecule has 0 nitrogen and oxygen atoms in total. The van der Waals surface area contributed by atoms with Crippen LogP contribution >= 0.6 is 0 Å². The van der Waals surface area contributed by atoms with E-state index in [1.165, 1.54) is 12.1 Å². The molecule has 0 bridgehead atoms. The molecule has 0 heterocycles. The Bertz CT molecular complexity index is 2440. The van der Waals surface area contributed by atoms with Gasteiger partial charge in [-0.1, -0.05) is 115 Å². The minimum absolute atomic E-state index is 0.336. The van der Waals surface area contributed by atoms with Gasteiger partial charge >= 0.3 is 12.4 Å². The molecule has 0 amide bonds. The molecule has 0 saturated heterocycles. The Balaban J connectivity index is 1.54. The highest BCUT2D eigenvalue weighted by Crippen LogP contribution is 2.57. The van der Waals surface area contributed by atoms with Crippen molar-refractivity contribution >= 4 is 21.5 Å². The summed E-state index contributed by atoms with van der Waals surface area (Å²) in [6.45, 7) is 9.13. The van der Waals surface area contributed by atoms with Gasteiger partial charge in [0.1, 0.15) is 0 Å². The van der Waals surface area contributed by atoms with E-state index in [1.807, 2.05) is 112 Å². The third-order valence-electron chi connectivity index (χ3n) is 10.9. The Labute approximate surface area is 299 Å². The normalized spacial score (nSPS) is 12.5. The Morgan fingerprint density at radius 2 is 0.654 bits per heavy atom. The van der Waals surface area contributed by atoms with Crippen LogP contribution in [0.1, 0.15) is 38.9 Å². The minimum Gasteiger partial charge on any atom is -0.169 e. The maximum Gasteiger partial charge on any atom is 0.411 e. The van der Waals surface area contributed by atoms with Gasteiger partial charge in [0, 0.05) is 0 Å². The van der Waals surface area contributed by atoms with Crippen LogP contribution in [0, 0.1) is 34.6 Å². The topological polar surface area (TPSA) is 0 Å². The van der Waals surface area contributed by atoms with E-state index in [2.05, 4.69) is 0 Å². The number of aryl methyl sites for hydroxylation is 4. The van der Waals surface area contributed by atoms with Crippen molar-refractivity contribution in [3.63, 3.8) is 0 Å². The van der Waals surface area contributed by atoms with E-state index < -0.39 is 28.9 Å². The average Bonchev–Trinajstić information content (AvgIpc) is 3.12. The van der Waals surface area contributed by atoms with Gasteiger partial charge in [0.05, 0.1) is 0 Å². The van der Waals surface area contributed by atoms with Gasteiger partial charge in [0.15, 0.2) is 0 Å². The van der Waals surface area contributed by atoms with E-state index >= 15 is 26.3 Å². The highest BCUT2D eigenvalue weighted by molar-refractivity contribution is 6.03. The SMILES string of the molecule is Cc1c(-c2ccccc2)c(C)c2ccc(C(c3ccc4c(C)c(-c5ccccc5)c(-c5ccccc5)c(C)c4c3)(C(F)(F)F)C(F)(F)F)cc2c1C. The Morgan fingerprint density at radius 1 is 0.327 bits per heavy atom. The second-order valence-electron chi connectivity index (χ2n) is 13.6. The van der Waals surface area contributed by atoms with Crippen molar-refractivity contribution in [3.05, 3.63) is 166 Å². The molecule has 0 saturated carbocycles. The van der Waals surface area contributed by atoms with Crippen LogP contribution in [-0.2, 0) is 5.41 Å². The summed E-state index contributed by atoms with van der Waals surface area (Å²) in [5.41, 5.74) is 2.75. The van der Waals surface area contributed by atoms with E-state index in [0.717, 1.165) is 74.3 Å². The lowest BCUT2D eigenvalue weighted by atomic mass is 9.71.